The molecule has 1 saturated carbocycles. The zero-order chi connectivity index (χ0) is 14.4. The maximum atomic E-state index is 11.0. The van der Waals surface area contributed by atoms with Crippen LogP contribution in [0.5, 0.6) is 0 Å². The number of benzene rings is 2. The minimum Gasteiger partial charge on any atom is -0.478 e. The predicted molar refractivity (Wildman–Crippen MR) is 77.3 cm³/mol. The summed E-state index contributed by atoms with van der Waals surface area (Å²) in [7, 11) is 0. The lowest BCUT2D eigenvalue weighted by molar-refractivity contribution is 0.0697. The number of hydrogen-bond acceptors (Lipinski definition) is 3. The molecule has 1 N–H and O–H groups in total. The molecule has 2 unspecified atom stereocenters. The fourth-order valence-corrected chi connectivity index (χ4v) is 2.83. The summed E-state index contributed by atoms with van der Waals surface area (Å²) in [6, 6.07) is 15.6. The summed E-state index contributed by atoms with van der Waals surface area (Å²) in [4.78, 5) is 11.0. The van der Waals surface area contributed by atoms with Gasteiger partial charge < -0.3 is 5.11 Å². The van der Waals surface area contributed by atoms with E-state index in [1.165, 1.54) is 5.56 Å². The largest absolute Gasteiger partial charge is 0.478 e. The Morgan fingerprint density at radius 1 is 1.19 bits per heavy atom. The van der Waals surface area contributed by atoms with Crippen molar-refractivity contribution in [3.8, 4) is 0 Å². The van der Waals surface area contributed by atoms with Crippen LogP contribution in [0.2, 0.25) is 0 Å². The van der Waals surface area contributed by atoms with Gasteiger partial charge in [-0.25, -0.2) is 9.48 Å². The average Bonchev–Trinajstić information content (AvgIpc) is 3.20. The molecule has 1 fully saturated rings. The third kappa shape index (κ3) is 1.98. The molecule has 5 heteroatoms. The van der Waals surface area contributed by atoms with Crippen molar-refractivity contribution < 1.29 is 9.90 Å². The molecule has 4 rings (SSSR count). The van der Waals surface area contributed by atoms with Gasteiger partial charge in [-0.3, -0.25) is 0 Å². The number of aromatic carboxylic acids is 1. The molecule has 1 heterocycles. The van der Waals surface area contributed by atoms with Crippen LogP contribution in [0.15, 0.2) is 48.5 Å². The molecular formula is C16H13N3O2. The van der Waals surface area contributed by atoms with Crippen LogP contribution in [-0.4, -0.2) is 26.1 Å². The molecule has 1 aliphatic carbocycles. The van der Waals surface area contributed by atoms with Crippen molar-refractivity contribution in [2.75, 3.05) is 0 Å². The van der Waals surface area contributed by atoms with Crippen molar-refractivity contribution in [3.63, 3.8) is 0 Å². The van der Waals surface area contributed by atoms with Gasteiger partial charge in [0.05, 0.1) is 17.1 Å². The molecule has 0 amide bonds. The third-order valence-corrected chi connectivity index (χ3v) is 4.02. The molecule has 0 spiro atoms. The smallest absolute Gasteiger partial charge is 0.335 e. The first-order valence-electron chi connectivity index (χ1n) is 6.87. The number of fused-ring (bicyclic) bond motifs is 1. The van der Waals surface area contributed by atoms with Gasteiger partial charge in [0, 0.05) is 5.92 Å². The van der Waals surface area contributed by atoms with E-state index in [2.05, 4.69) is 22.4 Å². The molecule has 21 heavy (non-hydrogen) atoms. The van der Waals surface area contributed by atoms with Gasteiger partial charge in [-0.15, -0.1) is 5.10 Å². The van der Waals surface area contributed by atoms with Gasteiger partial charge in [0.2, 0.25) is 0 Å². The van der Waals surface area contributed by atoms with Gasteiger partial charge in [0.1, 0.15) is 5.52 Å². The van der Waals surface area contributed by atoms with Crippen LogP contribution >= 0.6 is 0 Å². The van der Waals surface area contributed by atoms with E-state index in [1.807, 2.05) is 22.9 Å². The van der Waals surface area contributed by atoms with Crippen molar-refractivity contribution in [3.05, 3.63) is 59.7 Å². The highest BCUT2D eigenvalue weighted by Crippen LogP contribution is 2.51. The second kappa shape index (κ2) is 4.41. The van der Waals surface area contributed by atoms with E-state index in [1.54, 1.807) is 18.2 Å². The van der Waals surface area contributed by atoms with Crippen molar-refractivity contribution >= 4 is 17.0 Å². The van der Waals surface area contributed by atoms with Crippen LogP contribution in [0.3, 0.4) is 0 Å². The van der Waals surface area contributed by atoms with Crippen LogP contribution in [0.1, 0.15) is 34.3 Å². The van der Waals surface area contributed by atoms with Crippen LogP contribution in [0, 0.1) is 0 Å². The van der Waals surface area contributed by atoms with Crippen molar-refractivity contribution in [2.45, 2.75) is 18.4 Å². The standard InChI is InChI=1S/C16H13N3O2/c20-16(21)11-6-7-14-13(8-11)17-18-19(14)15-9-12(15)10-4-2-1-3-5-10/h1-8,12,15H,9H2,(H,20,21). The highest BCUT2D eigenvalue weighted by molar-refractivity contribution is 5.92. The van der Waals surface area contributed by atoms with E-state index in [-0.39, 0.29) is 5.56 Å². The lowest BCUT2D eigenvalue weighted by Gasteiger charge is -2.02. The van der Waals surface area contributed by atoms with Crippen LogP contribution < -0.4 is 0 Å². The number of hydrogen-bond donors (Lipinski definition) is 1. The number of carboxylic acid groups (broad SMARTS) is 1. The first-order valence-corrected chi connectivity index (χ1v) is 6.87. The number of aromatic nitrogens is 3. The normalized spacial score (nSPS) is 20.6. The highest BCUT2D eigenvalue weighted by Gasteiger charge is 2.41. The number of nitrogens with zero attached hydrogens (tertiary/aromatic N) is 3. The molecule has 1 aromatic heterocycles. The second-order valence-electron chi connectivity index (χ2n) is 5.36. The minimum absolute atomic E-state index is 0.241. The molecule has 104 valence electrons. The molecule has 0 bridgehead atoms. The summed E-state index contributed by atoms with van der Waals surface area (Å²) in [5.41, 5.74) is 3.08. The molecular weight excluding hydrogens is 266 g/mol. The number of carboxylic acids is 1. The summed E-state index contributed by atoms with van der Waals surface area (Å²) in [6.45, 7) is 0. The van der Waals surface area contributed by atoms with Gasteiger partial charge in [0.25, 0.3) is 0 Å². The third-order valence-electron chi connectivity index (χ3n) is 4.02. The number of carbonyl (C=O) groups is 1. The van der Waals surface area contributed by atoms with Crippen molar-refractivity contribution in [1.82, 2.24) is 15.0 Å². The summed E-state index contributed by atoms with van der Waals surface area (Å²) >= 11 is 0. The minimum atomic E-state index is -0.944. The lowest BCUT2D eigenvalue weighted by Crippen LogP contribution is -1.99. The number of rotatable bonds is 3. The molecule has 2 atom stereocenters. The monoisotopic (exact) mass is 279 g/mol. The molecule has 0 radical (unpaired) electrons. The molecule has 3 aromatic rings. The zero-order valence-corrected chi connectivity index (χ0v) is 11.2. The fraction of sp³-hybridized carbons (Fsp3) is 0.188. The summed E-state index contributed by atoms with van der Waals surface area (Å²) < 4.78 is 1.92. The molecule has 2 aromatic carbocycles. The zero-order valence-electron chi connectivity index (χ0n) is 11.2. The average molecular weight is 279 g/mol. The van der Waals surface area contributed by atoms with E-state index in [0.29, 0.717) is 17.5 Å². The van der Waals surface area contributed by atoms with E-state index in [0.717, 1.165) is 11.9 Å². The van der Waals surface area contributed by atoms with Crippen LogP contribution in [0.25, 0.3) is 11.0 Å². The van der Waals surface area contributed by atoms with E-state index < -0.39 is 5.97 Å². The quantitative estimate of drug-likeness (QED) is 0.800. The van der Waals surface area contributed by atoms with Gasteiger partial charge >= 0.3 is 5.97 Å². The van der Waals surface area contributed by atoms with Gasteiger partial charge in [-0.2, -0.15) is 0 Å². The topological polar surface area (TPSA) is 68.0 Å². The Kier molecular flexibility index (Phi) is 2.54. The van der Waals surface area contributed by atoms with Gasteiger partial charge in [-0.05, 0) is 30.2 Å². The summed E-state index contributed by atoms with van der Waals surface area (Å²) in [5, 5.41) is 17.3. The summed E-state index contributed by atoms with van der Waals surface area (Å²) in [6.07, 6.45) is 1.04. The Morgan fingerprint density at radius 3 is 2.76 bits per heavy atom. The fourth-order valence-electron chi connectivity index (χ4n) is 2.83. The van der Waals surface area contributed by atoms with E-state index >= 15 is 0 Å². The lowest BCUT2D eigenvalue weighted by atomic mass is 10.1. The first-order chi connectivity index (χ1) is 10.2. The molecule has 1 aliphatic rings. The molecule has 0 aliphatic heterocycles. The van der Waals surface area contributed by atoms with Crippen molar-refractivity contribution in [2.24, 2.45) is 0 Å². The Bertz CT molecular complexity index is 826. The Balaban J connectivity index is 1.68. The maximum Gasteiger partial charge on any atom is 0.335 e. The van der Waals surface area contributed by atoms with Gasteiger partial charge in [0.15, 0.2) is 0 Å². The molecule has 5 nitrogen and oxygen atoms in total. The second-order valence-corrected chi connectivity index (χ2v) is 5.36. The van der Waals surface area contributed by atoms with Crippen molar-refractivity contribution in [1.29, 1.82) is 0 Å². The predicted octanol–water partition coefficient (Wildman–Crippen LogP) is 2.86. The first kappa shape index (κ1) is 12.1. The van der Waals surface area contributed by atoms with Crippen LogP contribution in [-0.2, 0) is 0 Å². The Labute approximate surface area is 120 Å². The molecule has 0 saturated heterocycles. The SMILES string of the molecule is O=C(O)c1ccc2c(c1)nnn2C1CC1c1ccccc1. The van der Waals surface area contributed by atoms with Crippen LogP contribution in [0.4, 0.5) is 0 Å². The van der Waals surface area contributed by atoms with E-state index in [4.69, 9.17) is 5.11 Å². The highest BCUT2D eigenvalue weighted by atomic mass is 16.4. The Hall–Kier alpha value is -2.69. The maximum absolute atomic E-state index is 11.0. The summed E-state index contributed by atoms with van der Waals surface area (Å²) in [5.74, 6) is -0.477. The Morgan fingerprint density at radius 2 is 2.00 bits per heavy atom. The van der Waals surface area contributed by atoms with Gasteiger partial charge in [-0.1, -0.05) is 35.5 Å². The van der Waals surface area contributed by atoms with E-state index in [9.17, 15) is 4.79 Å².